The van der Waals surface area contributed by atoms with Gasteiger partial charge in [-0.2, -0.15) is 0 Å². The van der Waals surface area contributed by atoms with Gasteiger partial charge in [-0.3, -0.25) is 9.78 Å². The van der Waals surface area contributed by atoms with Crippen molar-refractivity contribution in [3.05, 3.63) is 95.8 Å². The van der Waals surface area contributed by atoms with Crippen molar-refractivity contribution in [2.24, 2.45) is 0 Å². The monoisotopic (exact) mass is 427 g/mol. The average Bonchev–Trinajstić information content (AvgIpc) is 3.27. The molecule has 1 N–H and O–H groups in total. The predicted molar refractivity (Wildman–Crippen MR) is 126 cm³/mol. The number of anilines is 1. The number of benzene rings is 2. The van der Waals surface area contributed by atoms with E-state index in [-0.39, 0.29) is 17.9 Å². The Bertz CT molecular complexity index is 1040. The van der Waals surface area contributed by atoms with Gasteiger partial charge in [0, 0.05) is 24.0 Å². The van der Waals surface area contributed by atoms with Gasteiger partial charge in [0.15, 0.2) is 5.78 Å². The molecule has 32 heavy (non-hydrogen) atoms. The Morgan fingerprint density at radius 3 is 2.44 bits per heavy atom. The summed E-state index contributed by atoms with van der Waals surface area (Å²) in [5.41, 5.74) is 3.92. The van der Waals surface area contributed by atoms with Crippen LogP contribution in [0.4, 0.5) is 10.5 Å². The van der Waals surface area contributed by atoms with E-state index in [1.165, 1.54) is 0 Å². The van der Waals surface area contributed by atoms with Crippen molar-refractivity contribution in [1.29, 1.82) is 0 Å². The van der Waals surface area contributed by atoms with Crippen LogP contribution in [-0.2, 0) is 11.2 Å². The van der Waals surface area contributed by atoms with Crippen molar-refractivity contribution in [1.82, 2.24) is 9.88 Å². The van der Waals surface area contributed by atoms with Gasteiger partial charge in [0.1, 0.15) is 0 Å². The molecular formula is C27H29N3O2. The number of nitrogens with zero attached hydrogens (tertiary/aromatic N) is 2. The van der Waals surface area contributed by atoms with Crippen molar-refractivity contribution in [2.45, 2.75) is 51.1 Å². The maximum absolute atomic E-state index is 13.3. The summed E-state index contributed by atoms with van der Waals surface area (Å²) < 4.78 is 0. The number of rotatable bonds is 7. The van der Waals surface area contributed by atoms with E-state index in [9.17, 15) is 9.59 Å². The van der Waals surface area contributed by atoms with Crippen LogP contribution in [0.1, 0.15) is 48.5 Å². The van der Waals surface area contributed by atoms with Crippen LogP contribution in [0.5, 0.6) is 0 Å². The minimum atomic E-state index is -0.408. The zero-order valence-corrected chi connectivity index (χ0v) is 18.4. The number of carbonyl (C=O) groups is 2. The highest BCUT2D eigenvalue weighted by Gasteiger charge is 2.41. The average molecular weight is 428 g/mol. The van der Waals surface area contributed by atoms with Crippen LogP contribution < -0.4 is 5.32 Å². The smallest absolute Gasteiger partial charge is 0.308 e. The van der Waals surface area contributed by atoms with Gasteiger partial charge >= 0.3 is 6.03 Å². The lowest BCUT2D eigenvalue weighted by molar-refractivity contribution is -0.122. The van der Waals surface area contributed by atoms with Crippen LogP contribution in [0.25, 0.3) is 0 Å². The number of likely N-dealkylation sites (tertiary alicyclic amines) is 1. The molecule has 2 atom stereocenters. The van der Waals surface area contributed by atoms with E-state index in [2.05, 4.69) is 10.3 Å². The number of aryl methyl sites for hydroxylation is 2. The van der Waals surface area contributed by atoms with Crippen molar-refractivity contribution < 1.29 is 9.59 Å². The maximum atomic E-state index is 13.3. The molecule has 4 rings (SSSR count). The minimum absolute atomic E-state index is 0.105. The van der Waals surface area contributed by atoms with E-state index in [0.717, 1.165) is 41.8 Å². The summed E-state index contributed by atoms with van der Waals surface area (Å²) >= 11 is 0. The fourth-order valence-electron chi connectivity index (χ4n) is 4.39. The molecule has 0 bridgehead atoms. The number of Topliss-reactive ketones (excluding diaryl/α,β-unsaturated/α-hetero) is 1. The highest BCUT2D eigenvalue weighted by molar-refractivity contribution is 5.95. The summed E-state index contributed by atoms with van der Waals surface area (Å²) in [5, 5.41) is 3.00. The highest BCUT2D eigenvalue weighted by Crippen LogP contribution is 2.37. The van der Waals surface area contributed by atoms with Crippen LogP contribution in [0.3, 0.4) is 0 Å². The second-order valence-electron chi connectivity index (χ2n) is 8.36. The van der Waals surface area contributed by atoms with Crippen LogP contribution in [0.15, 0.2) is 79.0 Å². The summed E-state index contributed by atoms with van der Waals surface area (Å²) in [6, 6.07) is 22.8. The van der Waals surface area contributed by atoms with E-state index in [0.29, 0.717) is 12.8 Å². The minimum Gasteiger partial charge on any atom is -0.308 e. The Kier molecular flexibility index (Phi) is 6.95. The molecule has 5 nitrogen and oxygen atoms in total. The Labute approximate surface area is 189 Å². The molecule has 0 unspecified atom stereocenters. The first-order valence-corrected chi connectivity index (χ1v) is 11.3. The number of pyridine rings is 1. The molecule has 0 saturated carbocycles. The summed E-state index contributed by atoms with van der Waals surface area (Å²) in [4.78, 5) is 32.6. The highest BCUT2D eigenvalue weighted by atomic mass is 16.2. The summed E-state index contributed by atoms with van der Waals surface area (Å²) in [5.74, 6) is 0.124. The normalized spacial score (nSPS) is 17.8. The molecule has 1 aromatic heterocycles. The molecular weight excluding hydrogens is 398 g/mol. The number of hydrogen-bond donors (Lipinski definition) is 1. The number of urea groups is 1. The lowest BCUT2D eigenvalue weighted by atomic mass is 10.0. The third-order valence-corrected chi connectivity index (χ3v) is 6.06. The molecule has 164 valence electrons. The lowest BCUT2D eigenvalue weighted by Gasteiger charge is -2.30. The fraction of sp³-hybridized carbons (Fsp3) is 0.296. The SMILES string of the molecule is Cc1ccc(NC(=O)N2[C@@H](c3ccccc3)CC[C@H]2C(=O)CCCc2ccccn2)cc1. The number of ketones is 1. The standard InChI is InChI=1S/C27H29N3O2/c1-20-13-15-23(16-14-20)29-27(32)30-24(21-8-3-2-4-9-21)17-18-25(30)26(31)12-7-11-22-10-5-6-19-28-22/h2-6,8-10,13-16,19,24-25H,7,11-12,17-18H2,1H3,(H,29,32)/t24-,25+/m1/s1. The molecule has 0 radical (unpaired) electrons. The molecule has 0 aliphatic carbocycles. The van der Waals surface area contributed by atoms with Crippen molar-refractivity contribution in [3.8, 4) is 0 Å². The number of nitrogens with one attached hydrogen (secondary N) is 1. The van der Waals surface area contributed by atoms with Gasteiger partial charge < -0.3 is 10.2 Å². The van der Waals surface area contributed by atoms with Gasteiger partial charge in [-0.05, 0) is 62.4 Å². The quantitative estimate of drug-likeness (QED) is 0.525. The molecule has 1 aliphatic rings. The summed E-state index contributed by atoms with van der Waals surface area (Å²) in [6.45, 7) is 2.01. The van der Waals surface area contributed by atoms with Crippen LogP contribution in [-0.4, -0.2) is 27.7 Å². The molecule has 2 amide bonds. The first-order valence-electron chi connectivity index (χ1n) is 11.3. The van der Waals surface area contributed by atoms with Gasteiger partial charge in [-0.25, -0.2) is 4.79 Å². The van der Waals surface area contributed by atoms with Crippen LogP contribution >= 0.6 is 0 Å². The number of carbonyl (C=O) groups excluding carboxylic acids is 2. The molecule has 1 aliphatic heterocycles. The van der Waals surface area contributed by atoms with Gasteiger partial charge in [0.05, 0.1) is 12.1 Å². The number of hydrogen-bond acceptors (Lipinski definition) is 3. The molecule has 2 heterocycles. The van der Waals surface area contributed by atoms with E-state index < -0.39 is 6.04 Å². The number of aromatic nitrogens is 1. The lowest BCUT2D eigenvalue weighted by Crippen LogP contribution is -2.44. The van der Waals surface area contributed by atoms with Crippen LogP contribution in [0.2, 0.25) is 0 Å². The zero-order chi connectivity index (χ0) is 22.3. The van der Waals surface area contributed by atoms with Crippen molar-refractivity contribution in [3.63, 3.8) is 0 Å². The Hall–Kier alpha value is -3.47. The summed E-state index contributed by atoms with van der Waals surface area (Å²) in [7, 11) is 0. The maximum Gasteiger partial charge on any atom is 0.322 e. The zero-order valence-electron chi connectivity index (χ0n) is 18.4. The third kappa shape index (κ3) is 5.22. The van der Waals surface area contributed by atoms with E-state index in [1.54, 1.807) is 11.1 Å². The Morgan fingerprint density at radius 2 is 1.72 bits per heavy atom. The number of amides is 2. The second-order valence-corrected chi connectivity index (χ2v) is 8.36. The predicted octanol–water partition coefficient (Wildman–Crippen LogP) is 5.72. The molecule has 5 heteroatoms. The molecule has 3 aromatic rings. The van der Waals surface area contributed by atoms with Gasteiger partial charge in [0.25, 0.3) is 0 Å². The van der Waals surface area contributed by atoms with Crippen molar-refractivity contribution >= 4 is 17.5 Å². The van der Waals surface area contributed by atoms with Gasteiger partial charge in [0.2, 0.25) is 0 Å². The van der Waals surface area contributed by atoms with E-state index in [1.807, 2.05) is 79.7 Å². The van der Waals surface area contributed by atoms with Gasteiger partial charge in [-0.1, -0.05) is 54.1 Å². The van der Waals surface area contributed by atoms with Crippen LogP contribution in [0, 0.1) is 6.92 Å². The first-order chi connectivity index (χ1) is 15.6. The summed E-state index contributed by atoms with van der Waals surface area (Å²) in [6.07, 6.45) is 5.17. The Balaban J connectivity index is 1.48. The molecule has 1 fully saturated rings. The third-order valence-electron chi connectivity index (χ3n) is 6.06. The second kappa shape index (κ2) is 10.2. The van der Waals surface area contributed by atoms with E-state index in [4.69, 9.17) is 0 Å². The Morgan fingerprint density at radius 1 is 0.969 bits per heavy atom. The molecule has 0 spiro atoms. The van der Waals surface area contributed by atoms with Gasteiger partial charge in [-0.15, -0.1) is 0 Å². The largest absolute Gasteiger partial charge is 0.322 e. The molecule has 1 saturated heterocycles. The topological polar surface area (TPSA) is 62.3 Å². The first kappa shape index (κ1) is 21.8. The molecule has 2 aromatic carbocycles. The van der Waals surface area contributed by atoms with Crippen molar-refractivity contribution in [2.75, 3.05) is 5.32 Å². The van der Waals surface area contributed by atoms with E-state index >= 15 is 0 Å². The fourth-order valence-corrected chi connectivity index (χ4v) is 4.39.